The number of nitrogens with two attached hydrogens (primary N) is 1. The summed E-state index contributed by atoms with van der Waals surface area (Å²) < 4.78 is 5.52. The van der Waals surface area contributed by atoms with E-state index in [1.54, 1.807) is 6.20 Å². The molecule has 1 heterocycles. The number of ether oxygens (including phenoxy) is 1. The highest BCUT2D eigenvalue weighted by Crippen LogP contribution is 2.38. The van der Waals surface area contributed by atoms with Crippen LogP contribution >= 0.6 is 12.2 Å². The zero-order valence-electron chi connectivity index (χ0n) is 11.3. The lowest BCUT2D eigenvalue weighted by atomic mass is 9.87. The van der Waals surface area contributed by atoms with Crippen LogP contribution in [0.5, 0.6) is 0 Å². The van der Waals surface area contributed by atoms with Gasteiger partial charge in [-0.3, -0.25) is 4.79 Å². The molecule has 1 aliphatic heterocycles. The Morgan fingerprint density at radius 2 is 2.39 bits per heavy atom. The summed E-state index contributed by atoms with van der Waals surface area (Å²) >= 11 is 4.74. The molecule has 102 valence electrons. The zero-order valence-corrected chi connectivity index (χ0v) is 12.1. The van der Waals surface area contributed by atoms with Crippen LogP contribution in [0, 0.1) is 5.92 Å². The number of thiocarbonyl (C=S) groups is 1. The van der Waals surface area contributed by atoms with Gasteiger partial charge in [0, 0.05) is 12.6 Å². The highest BCUT2D eigenvalue weighted by Gasteiger charge is 2.43. The molecule has 5 heteroatoms. The molecule has 0 aromatic rings. The van der Waals surface area contributed by atoms with Crippen LogP contribution in [0.1, 0.15) is 46.5 Å². The summed E-state index contributed by atoms with van der Waals surface area (Å²) in [4.78, 5) is 11.8. The number of hydrogen-bond acceptors (Lipinski definition) is 3. The SMILES string of the molecule is CCCC[C@H]1C[C@@](C)(/C(C)=C\NC(N)=S)OC1=O. The quantitative estimate of drug-likeness (QED) is 0.592. The minimum absolute atomic E-state index is 0.0168. The first kappa shape index (κ1) is 15.0. The Hall–Kier alpha value is -1.10. The Balaban J connectivity index is 2.68. The van der Waals surface area contributed by atoms with Gasteiger partial charge < -0.3 is 15.8 Å². The molecule has 0 spiro atoms. The maximum atomic E-state index is 11.8. The number of rotatable bonds is 5. The molecule has 3 N–H and O–H groups in total. The second kappa shape index (κ2) is 6.18. The molecule has 1 rings (SSSR count). The van der Waals surface area contributed by atoms with Gasteiger partial charge >= 0.3 is 5.97 Å². The summed E-state index contributed by atoms with van der Waals surface area (Å²) in [6.07, 6.45) is 5.51. The molecule has 0 radical (unpaired) electrons. The fourth-order valence-electron chi connectivity index (χ4n) is 2.14. The second-order valence-corrected chi connectivity index (χ2v) is 5.47. The number of carbonyl (C=O) groups is 1. The largest absolute Gasteiger partial charge is 0.455 e. The van der Waals surface area contributed by atoms with Crippen molar-refractivity contribution in [2.75, 3.05) is 0 Å². The number of unbranched alkanes of at least 4 members (excludes halogenated alkanes) is 1. The standard InChI is InChI=1S/C13H22N2O2S/c1-4-5-6-10-7-13(3,17-11(10)16)9(2)8-15-12(14)18/h8,10H,4-7H2,1-3H3,(H3,14,15,18)/b9-8-/t10-,13-/m0/s1. The summed E-state index contributed by atoms with van der Waals surface area (Å²) in [7, 11) is 0. The Morgan fingerprint density at radius 3 is 2.94 bits per heavy atom. The monoisotopic (exact) mass is 270 g/mol. The van der Waals surface area contributed by atoms with Crippen LogP contribution < -0.4 is 11.1 Å². The minimum atomic E-state index is -0.534. The molecular weight excluding hydrogens is 248 g/mol. The van der Waals surface area contributed by atoms with Crippen molar-refractivity contribution in [1.82, 2.24) is 5.32 Å². The Kier molecular flexibility index (Phi) is 5.14. The van der Waals surface area contributed by atoms with E-state index in [0.717, 1.165) is 31.3 Å². The van der Waals surface area contributed by atoms with E-state index >= 15 is 0 Å². The van der Waals surface area contributed by atoms with E-state index in [1.807, 2.05) is 13.8 Å². The molecule has 0 aromatic carbocycles. The van der Waals surface area contributed by atoms with Crippen LogP contribution in [-0.2, 0) is 9.53 Å². The molecule has 0 aromatic heterocycles. The molecule has 4 nitrogen and oxygen atoms in total. The van der Waals surface area contributed by atoms with Gasteiger partial charge in [0.2, 0.25) is 0 Å². The minimum Gasteiger partial charge on any atom is -0.455 e. The maximum Gasteiger partial charge on any atom is 0.309 e. The van der Waals surface area contributed by atoms with Gasteiger partial charge in [-0.25, -0.2) is 0 Å². The number of carbonyl (C=O) groups excluding carboxylic acids is 1. The van der Waals surface area contributed by atoms with E-state index < -0.39 is 5.60 Å². The number of esters is 1. The highest BCUT2D eigenvalue weighted by atomic mass is 32.1. The van der Waals surface area contributed by atoms with Crippen molar-refractivity contribution < 1.29 is 9.53 Å². The first-order valence-corrected chi connectivity index (χ1v) is 6.76. The number of nitrogens with one attached hydrogen (secondary N) is 1. The van der Waals surface area contributed by atoms with Crippen molar-refractivity contribution in [2.24, 2.45) is 11.7 Å². The maximum absolute atomic E-state index is 11.8. The van der Waals surface area contributed by atoms with E-state index in [4.69, 9.17) is 22.7 Å². The van der Waals surface area contributed by atoms with Crippen molar-refractivity contribution >= 4 is 23.3 Å². The van der Waals surface area contributed by atoms with Crippen LogP contribution in [0.4, 0.5) is 0 Å². The van der Waals surface area contributed by atoms with Gasteiger partial charge in [-0.15, -0.1) is 0 Å². The summed E-state index contributed by atoms with van der Waals surface area (Å²) in [5.41, 5.74) is 5.77. The van der Waals surface area contributed by atoms with Crippen LogP contribution in [0.15, 0.2) is 11.8 Å². The van der Waals surface area contributed by atoms with Crippen molar-refractivity contribution in [3.63, 3.8) is 0 Å². The van der Waals surface area contributed by atoms with E-state index in [1.165, 1.54) is 0 Å². The number of hydrogen-bond donors (Lipinski definition) is 2. The smallest absolute Gasteiger partial charge is 0.309 e. The van der Waals surface area contributed by atoms with E-state index in [9.17, 15) is 4.79 Å². The van der Waals surface area contributed by atoms with Crippen LogP contribution in [0.25, 0.3) is 0 Å². The third kappa shape index (κ3) is 3.70. The molecule has 0 aliphatic carbocycles. The Labute approximate surface area is 114 Å². The van der Waals surface area contributed by atoms with E-state index in [0.29, 0.717) is 0 Å². The van der Waals surface area contributed by atoms with E-state index in [2.05, 4.69) is 12.2 Å². The predicted octanol–water partition coefficient (Wildman–Crippen LogP) is 2.24. The van der Waals surface area contributed by atoms with Crippen LogP contribution in [0.3, 0.4) is 0 Å². The van der Waals surface area contributed by atoms with Crippen LogP contribution in [-0.4, -0.2) is 16.7 Å². The van der Waals surface area contributed by atoms with Crippen molar-refractivity contribution in [2.45, 2.75) is 52.1 Å². The van der Waals surface area contributed by atoms with Crippen molar-refractivity contribution in [3.8, 4) is 0 Å². The van der Waals surface area contributed by atoms with Gasteiger partial charge in [0.1, 0.15) is 5.60 Å². The molecule has 0 amide bonds. The fraction of sp³-hybridized carbons (Fsp3) is 0.692. The first-order chi connectivity index (χ1) is 8.39. The molecule has 0 unspecified atom stereocenters. The van der Waals surface area contributed by atoms with Gasteiger partial charge in [-0.05, 0) is 38.1 Å². The molecule has 1 aliphatic rings. The third-order valence-electron chi connectivity index (χ3n) is 3.47. The lowest BCUT2D eigenvalue weighted by Crippen LogP contribution is -2.30. The lowest BCUT2D eigenvalue weighted by molar-refractivity contribution is -0.147. The normalized spacial score (nSPS) is 28.1. The summed E-state index contributed by atoms with van der Waals surface area (Å²) in [6.45, 7) is 5.97. The first-order valence-electron chi connectivity index (χ1n) is 6.35. The molecule has 1 saturated heterocycles. The third-order valence-corrected chi connectivity index (χ3v) is 3.58. The van der Waals surface area contributed by atoms with Gasteiger partial charge in [-0.1, -0.05) is 19.8 Å². The molecular formula is C13H22N2O2S. The average molecular weight is 270 g/mol. The van der Waals surface area contributed by atoms with Crippen molar-refractivity contribution in [3.05, 3.63) is 11.8 Å². The predicted molar refractivity (Wildman–Crippen MR) is 75.8 cm³/mol. The molecule has 2 atom stereocenters. The molecule has 18 heavy (non-hydrogen) atoms. The topological polar surface area (TPSA) is 64.3 Å². The van der Waals surface area contributed by atoms with Gasteiger partial charge in [-0.2, -0.15) is 0 Å². The van der Waals surface area contributed by atoms with E-state index in [-0.39, 0.29) is 17.0 Å². The van der Waals surface area contributed by atoms with Crippen molar-refractivity contribution in [1.29, 1.82) is 0 Å². The second-order valence-electron chi connectivity index (χ2n) is 5.03. The Morgan fingerprint density at radius 1 is 1.72 bits per heavy atom. The zero-order chi connectivity index (χ0) is 13.8. The fourth-order valence-corrected chi connectivity index (χ4v) is 2.20. The van der Waals surface area contributed by atoms with Gasteiger partial charge in [0.05, 0.1) is 5.92 Å². The molecule has 0 saturated carbocycles. The Bertz CT molecular complexity index is 368. The molecule has 1 fully saturated rings. The average Bonchev–Trinajstić information content (AvgIpc) is 2.59. The van der Waals surface area contributed by atoms with Gasteiger partial charge in [0.25, 0.3) is 0 Å². The molecule has 0 bridgehead atoms. The lowest BCUT2D eigenvalue weighted by Gasteiger charge is -2.23. The number of cyclic esters (lactones) is 1. The highest BCUT2D eigenvalue weighted by molar-refractivity contribution is 7.80. The van der Waals surface area contributed by atoms with Gasteiger partial charge in [0.15, 0.2) is 5.11 Å². The summed E-state index contributed by atoms with van der Waals surface area (Å²) in [6, 6.07) is 0. The summed E-state index contributed by atoms with van der Waals surface area (Å²) in [5.74, 6) is -0.0721. The summed E-state index contributed by atoms with van der Waals surface area (Å²) in [5, 5.41) is 2.99. The van der Waals surface area contributed by atoms with Crippen LogP contribution in [0.2, 0.25) is 0 Å².